The first-order chi connectivity index (χ1) is 10.2. The van der Waals surface area contributed by atoms with Crippen LogP contribution in [0.25, 0.3) is 11.6 Å². The quantitative estimate of drug-likeness (QED) is 0.754. The number of rotatable bonds is 2. The Morgan fingerprint density at radius 1 is 1.00 bits per heavy atom. The highest BCUT2D eigenvalue weighted by Gasteiger charge is 2.28. The standard InChI is InChI=1S/C19H17NO/c1-14(12-15-8-4-3-5-9-15)13-17-16-10-6-7-11-18(16)20(2)19(17)21/h3-13H,1-2H3/b14-12+,17-13+. The smallest absolute Gasteiger partial charge is 0.258 e. The van der Waals surface area contributed by atoms with E-state index >= 15 is 0 Å². The third-order valence-electron chi connectivity index (χ3n) is 3.66. The Hall–Kier alpha value is -2.61. The summed E-state index contributed by atoms with van der Waals surface area (Å²) in [5, 5.41) is 0. The monoisotopic (exact) mass is 275 g/mol. The maximum absolute atomic E-state index is 12.4. The van der Waals surface area contributed by atoms with E-state index in [4.69, 9.17) is 0 Å². The molecule has 104 valence electrons. The van der Waals surface area contributed by atoms with Gasteiger partial charge in [0.2, 0.25) is 0 Å². The zero-order chi connectivity index (χ0) is 14.8. The molecule has 1 heterocycles. The molecule has 2 heteroatoms. The topological polar surface area (TPSA) is 20.3 Å². The molecule has 0 saturated heterocycles. The molecular formula is C19H17NO. The average molecular weight is 275 g/mol. The maximum atomic E-state index is 12.4. The lowest BCUT2D eigenvalue weighted by atomic mass is 10.0. The lowest BCUT2D eigenvalue weighted by molar-refractivity contribution is -0.112. The molecule has 0 radical (unpaired) electrons. The van der Waals surface area contributed by atoms with Crippen LogP contribution in [0, 0.1) is 0 Å². The molecule has 3 rings (SSSR count). The summed E-state index contributed by atoms with van der Waals surface area (Å²) in [6.07, 6.45) is 4.05. The number of carbonyl (C=O) groups is 1. The van der Waals surface area contributed by atoms with Crippen molar-refractivity contribution in [2.45, 2.75) is 6.92 Å². The number of para-hydroxylation sites is 1. The largest absolute Gasteiger partial charge is 0.311 e. The van der Waals surface area contributed by atoms with Gasteiger partial charge in [0, 0.05) is 18.2 Å². The van der Waals surface area contributed by atoms with Crippen LogP contribution in [0.5, 0.6) is 0 Å². The van der Waals surface area contributed by atoms with Gasteiger partial charge in [-0.1, -0.05) is 54.6 Å². The third kappa shape index (κ3) is 2.52. The minimum Gasteiger partial charge on any atom is -0.311 e. The average Bonchev–Trinajstić information content (AvgIpc) is 2.74. The molecule has 1 aliphatic heterocycles. The van der Waals surface area contributed by atoms with Crippen LogP contribution < -0.4 is 4.90 Å². The van der Waals surface area contributed by atoms with Crippen LogP contribution in [0.3, 0.4) is 0 Å². The first kappa shape index (κ1) is 13.4. The van der Waals surface area contributed by atoms with E-state index in [1.165, 1.54) is 0 Å². The van der Waals surface area contributed by atoms with E-state index in [9.17, 15) is 4.79 Å². The Morgan fingerprint density at radius 3 is 2.43 bits per heavy atom. The number of anilines is 1. The molecule has 2 nitrogen and oxygen atoms in total. The molecule has 0 N–H and O–H groups in total. The SMILES string of the molecule is CC(=C\c1ccccc1)/C=C1/C(=O)N(C)c2ccccc21. The summed E-state index contributed by atoms with van der Waals surface area (Å²) < 4.78 is 0. The summed E-state index contributed by atoms with van der Waals surface area (Å²) in [6.45, 7) is 2.02. The van der Waals surface area contributed by atoms with Crippen molar-refractivity contribution in [1.82, 2.24) is 0 Å². The van der Waals surface area contributed by atoms with Gasteiger partial charge in [0.1, 0.15) is 0 Å². The number of amides is 1. The number of likely N-dealkylation sites (N-methyl/N-ethyl adjacent to an activating group) is 1. The Balaban J connectivity index is 2.00. The van der Waals surface area contributed by atoms with Crippen LogP contribution in [0.4, 0.5) is 5.69 Å². The Labute approximate surface area is 125 Å². The van der Waals surface area contributed by atoms with Crippen LogP contribution in [-0.4, -0.2) is 13.0 Å². The van der Waals surface area contributed by atoms with E-state index in [0.29, 0.717) is 0 Å². The molecule has 21 heavy (non-hydrogen) atoms. The summed E-state index contributed by atoms with van der Waals surface area (Å²) in [6, 6.07) is 18.0. The predicted molar refractivity (Wildman–Crippen MR) is 87.9 cm³/mol. The number of hydrogen-bond acceptors (Lipinski definition) is 1. The van der Waals surface area contributed by atoms with Gasteiger partial charge in [-0.05, 0) is 30.2 Å². The maximum Gasteiger partial charge on any atom is 0.258 e. The minimum atomic E-state index is 0.0528. The molecule has 1 aliphatic rings. The molecule has 1 amide bonds. The second kappa shape index (κ2) is 5.41. The van der Waals surface area contributed by atoms with Gasteiger partial charge in [0.05, 0.1) is 5.69 Å². The molecule has 0 saturated carbocycles. The van der Waals surface area contributed by atoms with Gasteiger partial charge in [-0.15, -0.1) is 0 Å². The molecule has 0 aromatic heterocycles. The van der Waals surface area contributed by atoms with Crippen LogP contribution in [0.15, 0.2) is 66.2 Å². The number of fused-ring (bicyclic) bond motifs is 1. The Morgan fingerprint density at radius 2 is 1.67 bits per heavy atom. The zero-order valence-electron chi connectivity index (χ0n) is 12.2. The summed E-state index contributed by atoms with van der Waals surface area (Å²) in [5.74, 6) is 0.0528. The number of benzene rings is 2. The van der Waals surface area contributed by atoms with Crippen LogP contribution in [0.2, 0.25) is 0 Å². The Kier molecular flexibility index (Phi) is 3.44. The van der Waals surface area contributed by atoms with E-state index in [0.717, 1.165) is 28.0 Å². The fourth-order valence-corrected chi connectivity index (χ4v) is 2.62. The molecular weight excluding hydrogens is 258 g/mol. The first-order valence-corrected chi connectivity index (χ1v) is 6.99. The van der Waals surface area contributed by atoms with Gasteiger partial charge < -0.3 is 4.90 Å². The van der Waals surface area contributed by atoms with Crippen molar-refractivity contribution in [2.75, 3.05) is 11.9 Å². The van der Waals surface area contributed by atoms with E-state index in [2.05, 4.69) is 18.2 Å². The molecule has 2 aromatic carbocycles. The van der Waals surface area contributed by atoms with Crippen molar-refractivity contribution in [3.05, 3.63) is 77.4 Å². The van der Waals surface area contributed by atoms with Crippen LogP contribution in [-0.2, 0) is 4.79 Å². The number of hydrogen-bond donors (Lipinski definition) is 0. The summed E-state index contributed by atoms with van der Waals surface area (Å²) in [5.41, 5.74) is 4.94. The molecule has 0 aliphatic carbocycles. The molecule has 0 bridgehead atoms. The molecule has 0 atom stereocenters. The van der Waals surface area contributed by atoms with Crippen molar-refractivity contribution >= 4 is 23.2 Å². The van der Waals surface area contributed by atoms with Gasteiger partial charge >= 0.3 is 0 Å². The van der Waals surface area contributed by atoms with E-state index in [1.807, 2.05) is 62.5 Å². The van der Waals surface area contributed by atoms with Crippen molar-refractivity contribution in [3.8, 4) is 0 Å². The molecule has 2 aromatic rings. The fourth-order valence-electron chi connectivity index (χ4n) is 2.62. The van der Waals surface area contributed by atoms with Gasteiger partial charge in [-0.3, -0.25) is 4.79 Å². The lowest BCUT2D eigenvalue weighted by Gasteiger charge is -2.07. The number of carbonyl (C=O) groups excluding carboxylic acids is 1. The summed E-state index contributed by atoms with van der Waals surface area (Å²) in [4.78, 5) is 14.1. The van der Waals surface area contributed by atoms with Crippen molar-refractivity contribution in [2.24, 2.45) is 0 Å². The fraction of sp³-hybridized carbons (Fsp3) is 0.105. The van der Waals surface area contributed by atoms with Crippen molar-refractivity contribution in [1.29, 1.82) is 0 Å². The van der Waals surface area contributed by atoms with E-state index in [-0.39, 0.29) is 5.91 Å². The second-order valence-electron chi connectivity index (χ2n) is 5.24. The lowest BCUT2D eigenvalue weighted by Crippen LogP contribution is -2.20. The Bertz CT molecular complexity index is 741. The van der Waals surface area contributed by atoms with Gasteiger partial charge in [-0.25, -0.2) is 0 Å². The summed E-state index contributed by atoms with van der Waals surface area (Å²) in [7, 11) is 1.82. The van der Waals surface area contributed by atoms with Crippen molar-refractivity contribution in [3.63, 3.8) is 0 Å². The highest BCUT2D eigenvalue weighted by atomic mass is 16.2. The van der Waals surface area contributed by atoms with Gasteiger partial charge in [0.25, 0.3) is 5.91 Å². The van der Waals surface area contributed by atoms with Crippen LogP contribution in [0.1, 0.15) is 18.1 Å². The summed E-state index contributed by atoms with van der Waals surface area (Å²) >= 11 is 0. The van der Waals surface area contributed by atoms with Gasteiger partial charge in [0.15, 0.2) is 0 Å². The highest BCUT2D eigenvalue weighted by Crippen LogP contribution is 2.35. The molecule has 0 spiro atoms. The third-order valence-corrected chi connectivity index (χ3v) is 3.66. The van der Waals surface area contributed by atoms with Gasteiger partial charge in [-0.2, -0.15) is 0 Å². The molecule has 0 fully saturated rings. The zero-order valence-corrected chi connectivity index (χ0v) is 12.2. The number of nitrogens with zero attached hydrogens (tertiary/aromatic N) is 1. The molecule has 0 unspecified atom stereocenters. The second-order valence-corrected chi connectivity index (χ2v) is 5.24. The minimum absolute atomic E-state index is 0.0528. The van der Waals surface area contributed by atoms with Crippen molar-refractivity contribution < 1.29 is 4.79 Å². The first-order valence-electron chi connectivity index (χ1n) is 6.99. The normalized spacial score (nSPS) is 16.5. The van der Waals surface area contributed by atoms with E-state index in [1.54, 1.807) is 4.90 Å². The predicted octanol–water partition coefficient (Wildman–Crippen LogP) is 4.15. The number of allylic oxidation sites excluding steroid dienone is 2. The highest BCUT2D eigenvalue weighted by molar-refractivity contribution is 6.32. The van der Waals surface area contributed by atoms with E-state index < -0.39 is 0 Å². The van der Waals surface area contributed by atoms with Crippen LogP contribution >= 0.6 is 0 Å².